The predicted molar refractivity (Wildman–Crippen MR) is 83.7 cm³/mol. The van der Waals surface area contributed by atoms with E-state index >= 15 is 0 Å². The molecule has 0 radical (unpaired) electrons. The third-order valence-electron chi connectivity index (χ3n) is 3.56. The number of phenols is 1. The van der Waals surface area contributed by atoms with E-state index < -0.39 is 5.97 Å². The van der Waals surface area contributed by atoms with Gasteiger partial charge >= 0.3 is 5.97 Å². The number of ether oxygens (including phenoxy) is 2. The van der Waals surface area contributed by atoms with E-state index in [9.17, 15) is 9.90 Å². The highest BCUT2D eigenvalue weighted by molar-refractivity contribution is 6.02. The molecule has 0 fully saturated rings. The quantitative estimate of drug-likeness (QED) is 0.573. The largest absolute Gasteiger partial charge is 0.506 e. The second kappa shape index (κ2) is 5.64. The Balaban J connectivity index is 2.41. The number of hydrogen-bond acceptors (Lipinski definition) is 6. The molecule has 0 aliphatic carbocycles. The lowest BCUT2D eigenvalue weighted by atomic mass is 10.1. The summed E-state index contributed by atoms with van der Waals surface area (Å²) in [6.45, 7) is 1.87. The Morgan fingerprint density at radius 3 is 2.65 bits per heavy atom. The van der Waals surface area contributed by atoms with Gasteiger partial charge < -0.3 is 19.0 Å². The third-order valence-corrected chi connectivity index (χ3v) is 3.56. The summed E-state index contributed by atoms with van der Waals surface area (Å²) in [5.74, 6) is -0.520. The normalized spacial score (nSPS) is 10.9. The number of carbonyl (C=O) groups excluding carboxylic acids is 1. The summed E-state index contributed by atoms with van der Waals surface area (Å²) in [7, 11) is 1.49. The number of esters is 1. The molecule has 2 N–H and O–H groups in total. The molecule has 6 nitrogen and oxygen atoms in total. The number of carbonyl (C=O) groups is 1. The molecular formula is C17H15NO5. The van der Waals surface area contributed by atoms with Crippen LogP contribution in [0.1, 0.15) is 17.3 Å². The summed E-state index contributed by atoms with van der Waals surface area (Å²) in [6, 6.07) is 8.13. The van der Waals surface area contributed by atoms with Gasteiger partial charge in [0, 0.05) is 0 Å². The first-order chi connectivity index (χ1) is 11.1. The molecule has 6 heteroatoms. The first kappa shape index (κ1) is 14.9. The number of benzene rings is 2. The Kier molecular flexibility index (Phi) is 3.65. The SMILES string of the molecule is CCOC(=O)c1ccc2oc3cccc(OC)c3c(=N)c2c1O. The lowest BCUT2D eigenvalue weighted by Gasteiger charge is -2.10. The molecule has 0 saturated carbocycles. The average molecular weight is 313 g/mol. The lowest BCUT2D eigenvalue weighted by Crippen LogP contribution is -2.09. The predicted octanol–water partition coefficient (Wildman–Crippen LogP) is 2.96. The molecule has 23 heavy (non-hydrogen) atoms. The summed E-state index contributed by atoms with van der Waals surface area (Å²) < 4.78 is 15.9. The van der Waals surface area contributed by atoms with Gasteiger partial charge in [0.05, 0.1) is 29.8 Å². The Hall–Kier alpha value is -3.02. The standard InChI is InChI=1S/C17H15NO5/c1-3-22-17(20)9-7-8-12-14(16(9)19)15(18)13-10(21-2)5-4-6-11(13)23-12/h4-8,18-19H,3H2,1-2H3. The van der Waals surface area contributed by atoms with E-state index in [1.54, 1.807) is 25.1 Å². The maximum Gasteiger partial charge on any atom is 0.341 e. The number of nitrogens with one attached hydrogen (secondary N) is 1. The summed E-state index contributed by atoms with van der Waals surface area (Å²) >= 11 is 0. The van der Waals surface area contributed by atoms with Crippen molar-refractivity contribution in [3.8, 4) is 11.5 Å². The minimum atomic E-state index is -0.647. The van der Waals surface area contributed by atoms with Crippen LogP contribution >= 0.6 is 0 Å². The summed E-state index contributed by atoms with van der Waals surface area (Å²) in [5, 5.41) is 19.4. The maximum atomic E-state index is 11.9. The Morgan fingerprint density at radius 1 is 1.22 bits per heavy atom. The summed E-state index contributed by atoms with van der Waals surface area (Å²) in [6.07, 6.45) is 0. The molecule has 3 rings (SSSR count). The van der Waals surface area contributed by atoms with Gasteiger partial charge in [-0.3, -0.25) is 5.41 Å². The van der Waals surface area contributed by atoms with E-state index in [0.717, 1.165) is 0 Å². The highest BCUT2D eigenvalue weighted by Gasteiger charge is 2.19. The van der Waals surface area contributed by atoms with Crippen molar-refractivity contribution in [2.45, 2.75) is 6.92 Å². The molecule has 0 amide bonds. The second-order valence-corrected chi connectivity index (χ2v) is 4.87. The van der Waals surface area contributed by atoms with Gasteiger partial charge in [0.2, 0.25) is 0 Å². The van der Waals surface area contributed by atoms with E-state index in [2.05, 4.69) is 0 Å². The van der Waals surface area contributed by atoms with Crippen LogP contribution in [0, 0.1) is 5.41 Å². The summed E-state index contributed by atoms with van der Waals surface area (Å²) in [4.78, 5) is 11.9. The second-order valence-electron chi connectivity index (χ2n) is 4.87. The first-order valence-corrected chi connectivity index (χ1v) is 7.05. The van der Waals surface area contributed by atoms with Crippen LogP contribution in [-0.2, 0) is 4.74 Å². The molecule has 2 aromatic carbocycles. The van der Waals surface area contributed by atoms with Crippen molar-refractivity contribution in [2.75, 3.05) is 13.7 Å². The molecule has 0 atom stereocenters. The molecule has 0 spiro atoms. The number of aromatic hydroxyl groups is 1. The van der Waals surface area contributed by atoms with E-state index in [1.165, 1.54) is 19.2 Å². The highest BCUT2D eigenvalue weighted by Crippen LogP contribution is 2.31. The van der Waals surface area contributed by atoms with E-state index in [0.29, 0.717) is 22.3 Å². The minimum absolute atomic E-state index is 0.00250. The van der Waals surface area contributed by atoms with Crippen molar-refractivity contribution >= 4 is 27.9 Å². The van der Waals surface area contributed by atoms with Crippen molar-refractivity contribution in [1.82, 2.24) is 0 Å². The lowest BCUT2D eigenvalue weighted by molar-refractivity contribution is 0.0523. The van der Waals surface area contributed by atoms with Gasteiger partial charge in [0.15, 0.2) is 0 Å². The molecule has 1 heterocycles. The van der Waals surface area contributed by atoms with Gasteiger partial charge in [-0.25, -0.2) is 4.79 Å². The molecule has 118 valence electrons. The summed E-state index contributed by atoms with van der Waals surface area (Å²) in [5.41, 5.74) is 0.767. The first-order valence-electron chi connectivity index (χ1n) is 7.05. The van der Waals surface area contributed by atoms with Crippen LogP contribution in [-0.4, -0.2) is 24.8 Å². The van der Waals surface area contributed by atoms with Crippen LogP contribution in [0.5, 0.6) is 11.5 Å². The maximum absolute atomic E-state index is 11.9. The van der Waals surface area contributed by atoms with E-state index in [1.807, 2.05) is 0 Å². The zero-order chi connectivity index (χ0) is 16.6. The molecule has 3 aromatic rings. The molecule has 0 unspecified atom stereocenters. The fourth-order valence-electron chi connectivity index (χ4n) is 2.53. The molecular weight excluding hydrogens is 298 g/mol. The van der Waals surface area contributed by atoms with Gasteiger partial charge in [0.25, 0.3) is 0 Å². The molecule has 1 aromatic heterocycles. The van der Waals surface area contributed by atoms with Crippen LogP contribution in [0.2, 0.25) is 0 Å². The van der Waals surface area contributed by atoms with E-state index in [4.69, 9.17) is 19.3 Å². The smallest absolute Gasteiger partial charge is 0.341 e. The van der Waals surface area contributed by atoms with Gasteiger partial charge in [-0.05, 0) is 31.2 Å². The van der Waals surface area contributed by atoms with Crippen molar-refractivity contribution in [1.29, 1.82) is 5.41 Å². The van der Waals surface area contributed by atoms with Crippen molar-refractivity contribution in [2.24, 2.45) is 0 Å². The van der Waals surface area contributed by atoms with Crippen LogP contribution in [0.25, 0.3) is 21.9 Å². The van der Waals surface area contributed by atoms with Gasteiger partial charge in [-0.15, -0.1) is 0 Å². The topological polar surface area (TPSA) is 92.8 Å². The molecule has 0 saturated heterocycles. The zero-order valence-corrected chi connectivity index (χ0v) is 12.7. The Bertz CT molecular complexity index is 974. The molecule has 0 aliphatic rings. The number of hydrogen-bond donors (Lipinski definition) is 2. The molecule has 0 aliphatic heterocycles. The van der Waals surface area contributed by atoms with Crippen LogP contribution < -0.4 is 10.1 Å². The van der Waals surface area contributed by atoms with Gasteiger partial charge in [-0.1, -0.05) is 6.07 Å². The Morgan fingerprint density at radius 2 is 1.96 bits per heavy atom. The van der Waals surface area contributed by atoms with Crippen molar-refractivity contribution < 1.29 is 23.8 Å². The van der Waals surface area contributed by atoms with Gasteiger partial charge in [0.1, 0.15) is 28.2 Å². The Labute approximate surface area is 131 Å². The number of rotatable bonds is 3. The monoisotopic (exact) mass is 313 g/mol. The fourth-order valence-corrected chi connectivity index (χ4v) is 2.53. The fraction of sp³-hybridized carbons (Fsp3) is 0.176. The number of fused-ring (bicyclic) bond motifs is 2. The van der Waals surface area contributed by atoms with Crippen LogP contribution in [0.4, 0.5) is 0 Å². The molecule has 0 bridgehead atoms. The van der Waals surface area contributed by atoms with Crippen molar-refractivity contribution in [3.05, 3.63) is 41.3 Å². The van der Waals surface area contributed by atoms with Crippen LogP contribution in [0.3, 0.4) is 0 Å². The average Bonchev–Trinajstić information content (AvgIpc) is 2.54. The third kappa shape index (κ3) is 2.28. The van der Waals surface area contributed by atoms with Crippen molar-refractivity contribution in [3.63, 3.8) is 0 Å². The number of phenolic OH excluding ortho intramolecular Hbond substituents is 1. The van der Waals surface area contributed by atoms with Crippen LogP contribution in [0.15, 0.2) is 34.7 Å². The van der Waals surface area contributed by atoms with Gasteiger partial charge in [-0.2, -0.15) is 0 Å². The number of methoxy groups -OCH3 is 1. The zero-order valence-electron chi connectivity index (χ0n) is 12.7. The minimum Gasteiger partial charge on any atom is -0.506 e. The van der Waals surface area contributed by atoms with E-state index in [-0.39, 0.29) is 28.7 Å². The highest BCUT2D eigenvalue weighted by atomic mass is 16.5.